The molecule has 3 rings (SSSR count). The Hall–Kier alpha value is -3.39. The van der Waals surface area contributed by atoms with Gasteiger partial charge in [0.25, 0.3) is 0 Å². The summed E-state index contributed by atoms with van der Waals surface area (Å²) >= 11 is 1.42. The molecule has 0 atom stereocenters. The molecule has 0 bridgehead atoms. The Morgan fingerprint density at radius 2 is 1.81 bits per heavy atom. The lowest BCUT2D eigenvalue weighted by Gasteiger charge is -2.10. The number of rotatable bonds is 10. The minimum Gasteiger partial charge on any atom is -0.493 e. The summed E-state index contributed by atoms with van der Waals surface area (Å²) in [5.74, 6) is 1.25. The predicted octanol–water partition coefficient (Wildman–Crippen LogP) is 4.54. The van der Waals surface area contributed by atoms with E-state index in [1.165, 1.54) is 11.3 Å². The van der Waals surface area contributed by atoms with Gasteiger partial charge in [-0.25, -0.2) is 9.78 Å². The summed E-state index contributed by atoms with van der Waals surface area (Å²) < 4.78 is 21.4. The number of benzene rings is 2. The summed E-state index contributed by atoms with van der Waals surface area (Å²) in [5.41, 5.74) is 2.04. The minimum atomic E-state index is -0.512. The number of carbonyl (C=O) groups is 2. The first-order chi connectivity index (χ1) is 15.0. The topological polar surface area (TPSA) is 84.0 Å². The van der Waals surface area contributed by atoms with E-state index in [2.05, 4.69) is 4.98 Å². The molecule has 0 aliphatic carbocycles. The molecular weight excluding hydrogens is 418 g/mol. The molecule has 1 heterocycles. The summed E-state index contributed by atoms with van der Waals surface area (Å²) in [7, 11) is 3.16. The van der Waals surface area contributed by atoms with E-state index in [0.717, 1.165) is 10.6 Å². The largest absolute Gasteiger partial charge is 0.493 e. The Labute approximate surface area is 184 Å². The molecule has 1 aromatic heterocycles. The van der Waals surface area contributed by atoms with E-state index >= 15 is 0 Å². The summed E-state index contributed by atoms with van der Waals surface area (Å²) in [4.78, 5) is 28.2. The van der Waals surface area contributed by atoms with E-state index < -0.39 is 5.97 Å². The van der Waals surface area contributed by atoms with Gasteiger partial charge in [0.05, 0.1) is 25.5 Å². The van der Waals surface area contributed by atoms with Crippen molar-refractivity contribution in [3.8, 4) is 27.8 Å². The highest BCUT2D eigenvalue weighted by Gasteiger charge is 2.15. The van der Waals surface area contributed by atoms with E-state index in [1.54, 1.807) is 45.4 Å². The summed E-state index contributed by atoms with van der Waals surface area (Å²) in [6, 6.07) is 12.2. The van der Waals surface area contributed by atoms with Gasteiger partial charge in [0.2, 0.25) is 0 Å². The number of thiazole rings is 1. The van der Waals surface area contributed by atoms with Crippen molar-refractivity contribution in [3.05, 3.63) is 59.1 Å². The first-order valence-electron chi connectivity index (χ1n) is 9.63. The van der Waals surface area contributed by atoms with Crippen LogP contribution < -0.4 is 14.2 Å². The van der Waals surface area contributed by atoms with Crippen molar-refractivity contribution in [1.82, 2.24) is 4.98 Å². The van der Waals surface area contributed by atoms with Crippen LogP contribution >= 0.6 is 11.3 Å². The summed E-state index contributed by atoms with van der Waals surface area (Å²) in [6.45, 7) is 1.61. The van der Waals surface area contributed by atoms with E-state index in [4.69, 9.17) is 18.9 Å². The van der Waals surface area contributed by atoms with Crippen molar-refractivity contribution in [3.63, 3.8) is 0 Å². The van der Waals surface area contributed by atoms with Gasteiger partial charge in [-0.1, -0.05) is 13.0 Å². The number of ether oxygens (including phenoxy) is 4. The van der Waals surface area contributed by atoms with Gasteiger partial charge in [0.1, 0.15) is 17.4 Å². The number of hydrogen-bond donors (Lipinski definition) is 0. The first-order valence-corrected chi connectivity index (χ1v) is 10.5. The number of nitrogens with zero attached hydrogens (tertiary/aromatic N) is 1. The Balaban J connectivity index is 1.54. The SMILES string of the molecule is CCC(=O)c1ccc(OCC(=O)OCc2csc(-c3cccc(OC)c3OC)n2)cc1. The van der Waals surface area contributed by atoms with Gasteiger partial charge in [-0.2, -0.15) is 0 Å². The third-order valence-electron chi connectivity index (χ3n) is 4.42. The second-order valence-corrected chi connectivity index (χ2v) is 7.29. The molecule has 0 N–H and O–H groups in total. The molecule has 0 aliphatic rings. The molecule has 7 nitrogen and oxygen atoms in total. The molecule has 0 saturated carbocycles. The number of aromatic nitrogens is 1. The predicted molar refractivity (Wildman–Crippen MR) is 117 cm³/mol. The smallest absolute Gasteiger partial charge is 0.344 e. The van der Waals surface area contributed by atoms with Gasteiger partial charge < -0.3 is 18.9 Å². The molecule has 8 heteroatoms. The van der Waals surface area contributed by atoms with Gasteiger partial charge in [0, 0.05) is 17.4 Å². The number of Topliss-reactive ketones (excluding diaryl/α,β-unsaturated/α-hetero) is 1. The molecule has 31 heavy (non-hydrogen) atoms. The van der Waals surface area contributed by atoms with Crippen LogP contribution in [0, 0.1) is 0 Å². The average Bonchev–Trinajstić information content (AvgIpc) is 3.29. The molecule has 2 aromatic carbocycles. The van der Waals surface area contributed by atoms with Gasteiger partial charge >= 0.3 is 5.97 Å². The molecule has 162 valence electrons. The van der Waals surface area contributed by atoms with Gasteiger partial charge in [-0.05, 0) is 36.4 Å². The number of ketones is 1. The average molecular weight is 442 g/mol. The highest BCUT2D eigenvalue weighted by atomic mass is 32.1. The summed E-state index contributed by atoms with van der Waals surface area (Å²) in [5, 5.41) is 2.56. The van der Waals surface area contributed by atoms with E-state index in [9.17, 15) is 9.59 Å². The van der Waals surface area contributed by atoms with Crippen molar-refractivity contribution in [1.29, 1.82) is 0 Å². The third-order valence-corrected chi connectivity index (χ3v) is 5.34. The highest BCUT2D eigenvalue weighted by molar-refractivity contribution is 7.13. The van der Waals surface area contributed by atoms with E-state index in [0.29, 0.717) is 34.9 Å². The van der Waals surface area contributed by atoms with Crippen LogP contribution in [-0.2, 0) is 16.1 Å². The number of carbonyl (C=O) groups excluding carboxylic acids is 2. The van der Waals surface area contributed by atoms with Crippen LogP contribution in [0.3, 0.4) is 0 Å². The molecular formula is C23H23NO6S. The van der Waals surface area contributed by atoms with Crippen LogP contribution in [0.2, 0.25) is 0 Å². The Morgan fingerprint density at radius 3 is 2.48 bits per heavy atom. The number of methoxy groups -OCH3 is 2. The minimum absolute atomic E-state index is 0.0366. The molecule has 0 spiro atoms. The second-order valence-electron chi connectivity index (χ2n) is 6.44. The Kier molecular flexibility index (Phi) is 7.61. The maximum absolute atomic E-state index is 12.0. The third kappa shape index (κ3) is 5.61. The van der Waals surface area contributed by atoms with Crippen LogP contribution in [0.5, 0.6) is 17.2 Å². The number of esters is 1. The van der Waals surface area contributed by atoms with Crippen molar-refractivity contribution in [2.45, 2.75) is 20.0 Å². The maximum atomic E-state index is 12.0. The normalized spacial score (nSPS) is 10.4. The zero-order chi connectivity index (χ0) is 22.2. The quantitative estimate of drug-likeness (QED) is 0.337. The van der Waals surface area contributed by atoms with Crippen LogP contribution in [0.25, 0.3) is 10.6 Å². The zero-order valence-electron chi connectivity index (χ0n) is 17.5. The Morgan fingerprint density at radius 1 is 1.03 bits per heavy atom. The monoisotopic (exact) mass is 441 g/mol. The second kappa shape index (κ2) is 10.6. The van der Waals surface area contributed by atoms with E-state index in [1.807, 2.05) is 23.6 Å². The number of para-hydroxylation sites is 1. The molecule has 0 fully saturated rings. The standard InChI is InChI=1S/C23H23NO6S/c1-4-19(25)15-8-10-17(11-9-15)29-13-21(26)30-12-16-14-31-23(24-16)18-6-5-7-20(27-2)22(18)28-3/h5-11,14H,4,12-13H2,1-3H3. The molecule has 0 amide bonds. The number of hydrogen-bond acceptors (Lipinski definition) is 8. The molecule has 3 aromatic rings. The van der Waals surface area contributed by atoms with Crippen molar-refractivity contribution in [2.75, 3.05) is 20.8 Å². The zero-order valence-corrected chi connectivity index (χ0v) is 18.4. The van der Waals surface area contributed by atoms with Crippen molar-refractivity contribution >= 4 is 23.1 Å². The van der Waals surface area contributed by atoms with Crippen LogP contribution in [0.15, 0.2) is 47.8 Å². The molecule has 0 radical (unpaired) electrons. The fourth-order valence-electron chi connectivity index (χ4n) is 2.83. The van der Waals surface area contributed by atoms with Crippen LogP contribution in [0.1, 0.15) is 29.4 Å². The lowest BCUT2D eigenvalue weighted by atomic mass is 10.1. The van der Waals surface area contributed by atoms with Crippen molar-refractivity contribution in [2.24, 2.45) is 0 Å². The molecule has 0 aliphatic heterocycles. The van der Waals surface area contributed by atoms with Gasteiger partial charge in [0.15, 0.2) is 23.9 Å². The lowest BCUT2D eigenvalue weighted by molar-refractivity contribution is -0.147. The maximum Gasteiger partial charge on any atom is 0.344 e. The fraction of sp³-hybridized carbons (Fsp3) is 0.261. The molecule has 0 saturated heterocycles. The van der Waals surface area contributed by atoms with Gasteiger partial charge in [-0.15, -0.1) is 11.3 Å². The Bertz CT molecular complexity index is 1040. The highest BCUT2D eigenvalue weighted by Crippen LogP contribution is 2.39. The molecule has 0 unspecified atom stereocenters. The van der Waals surface area contributed by atoms with E-state index in [-0.39, 0.29) is 19.0 Å². The fourth-order valence-corrected chi connectivity index (χ4v) is 3.66. The van der Waals surface area contributed by atoms with Crippen LogP contribution in [0.4, 0.5) is 0 Å². The first kappa shape index (κ1) is 22.3. The van der Waals surface area contributed by atoms with Gasteiger partial charge in [-0.3, -0.25) is 4.79 Å². The van der Waals surface area contributed by atoms with Crippen molar-refractivity contribution < 1.29 is 28.5 Å². The lowest BCUT2D eigenvalue weighted by Crippen LogP contribution is -2.14. The summed E-state index contributed by atoms with van der Waals surface area (Å²) in [6.07, 6.45) is 0.440. The van der Waals surface area contributed by atoms with Crippen LogP contribution in [-0.4, -0.2) is 37.6 Å².